The third kappa shape index (κ3) is 4.06. The molecule has 2 amide bonds. The Morgan fingerprint density at radius 2 is 2.04 bits per heavy atom. The maximum Gasteiger partial charge on any atom is 0.319 e. The predicted octanol–water partition coefficient (Wildman–Crippen LogP) is 2.96. The van der Waals surface area contributed by atoms with Gasteiger partial charge in [-0.3, -0.25) is 5.10 Å². The van der Waals surface area contributed by atoms with E-state index in [1.54, 1.807) is 10.9 Å². The number of rotatable bonds is 5. The minimum atomic E-state index is -0.254. The zero-order valence-corrected chi connectivity index (χ0v) is 14.6. The fraction of sp³-hybridized carbons (Fsp3) is 0.278. The average molecular weight is 338 g/mol. The Morgan fingerprint density at radius 1 is 1.28 bits per heavy atom. The first kappa shape index (κ1) is 16.8. The van der Waals surface area contributed by atoms with Gasteiger partial charge in [0.2, 0.25) is 0 Å². The van der Waals surface area contributed by atoms with Crippen LogP contribution in [0.2, 0.25) is 0 Å². The zero-order valence-electron chi connectivity index (χ0n) is 14.6. The van der Waals surface area contributed by atoms with E-state index >= 15 is 0 Å². The molecule has 2 heterocycles. The lowest BCUT2D eigenvalue weighted by atomic mass is 10.2. The van der Waals surface area contributed by atoms with Gasteiger partial charge in [0.1, 0.15) is 0 Å². The van der Waals surface area contributed by atoms with Crippen molar-refractivity contribution >= 4 is 11.7 Å². The molecule has 0 unspecified atom stereocenters. The van der Waals surface area contributed by atoms with Crippen molar-refractivity contribution in [2.24, 2.45) is 0 Å². The highest BCUT2D eigenvalue weighted by atomic mass is 16.2. The van der Waals surface area contributed by atoms with Crippen molar-refractivity contribution in [3.63, 3.8) is 0 Å². The maximum absolute atomic E-state index is 12.2. The van der Waals surface area contributed by atoms with Crippen molar-refractivity contribution in [1.29, 1.82) is 0 Å². The van der Waals surface area contributed by atoms with Crippen LogP contribution in [0, 0.1) is 13.8 Å². The Hall–Kier alpha value is -3.09. The molecule has 0 saturated heterocycles. The quantitative estimate of drug-likeness (QED) is 0.668. The van der Waals surface area contributed by atoms with Crippen LogP contribution >= 0.6 is 0 Å². The summed E-state index contributed by atoms with van der Waals surface area (Å²) in [6.07, 6.45) is 2.32. The summed E-state index contributed by atoms with van der Waals surface area (Å²) in [4.78, 5) is 12.2. The number of nitrogens with one attached hydrogen (secondary N) is 3. The minimum Gasteiger partial charge on any atom is -0.335 e. The highest BCUT2D eigenvalue weighted by Crippen LogP contribution is 2.18. The number of amides is 2. The van der Waals surface area contributed by atoms with Gasteiger partial charge < -0.3 is 10.6 Å². The molecule has 0 radical (unpaired) electrons. The van der Waals surface area contributed by atoms with Crippen LogP contribution < -0.4 is 10.6 Å². The molecule has 25 heavy (non-hydrogen) atoms. The van der Waals surface area contributed by atoms with Crippen LogP contribution in [-0.4, -0.2) is 32.1 Å². The number of carbonyl (C=O) groups is 1. The molecule has 3 N–H and O–H groups in total. The summed E-state index contributed by atoms with van der Waals surface area (Å²) < 4.78 is 1.80. The van der Waals surface area contributed by atoms with E-state index in [1.165, 1.54) is 0 Å². The second-order valence-corrected chi connectivity index (χ2v) is 6.14. The van der Waals surface area contributed by atoms with E-state index in [2.05, 4.69) is 25.9 Å². The van der Waals surface area contributed by atoms with Gasteiger partial charge in [-0.2, -0.15) is 10.2 Å². The summed E-state index contributed by atoms with van der Waals surface area (Å²) in [6, 6.07) is 11.5. The third-order valence-corrected chi connectivity index (χ3v) is 3.91. The first-order chi connectivity index (χ1) is 12.0. The van der Waals surface area contributed by atoms with Crippen molar-refractivity contribution < 1.29 is 4.79 Å². The van der Waals surface area contributed by atoms with Crippen molar-refractivity contribution in [1.82, 2.24) is 25.3 Å². The molecule has 3 aromatic rings. The predicted molar refractivity (Wildman–Crippen MR) is 96.9 cm³/mol. The molecule has 7 nitrogen and oxygen atoms in total. The van der Waals surface area contributed by atoms with E-state index in [4.69, 9.17) is 0 Å². The Labute approximate surface area is 146 Å². The number of carbonyl (C=O) groups excluding carboxylic acids is 1. The van der Waals surface area contributed by atoms with Gasteiger partial charge in [-0.15, -0.1) is 0 Å². The second-order valence-electron chi connectivity index (χ2n) is 6.14. The fourth-order valence-electron chi connectivity index (χ4n) is 2.69. The minimum absolute atomic E-state index is 0.0350. The highest BCUT2D eigenvalue weighted by Gasteiger charge is 2.13. The van der Waals surface area contributed by atoms with Crippen LogP contribution in [0.4, 0.5) is 10.5 Å². The number of anilines is 1. The average Bonchev–Trinajstić information content (AvgIpc) is 3.14. The van der Waals surface area contributed by atoms with Gasteiger partial charge in [0.15, 0.2) is 0 Å². The van der Waals surface area contributed by atoms with Crippen molar-refractivity contribution in [3.05, 3.63) is 59.7 Å². The van der Waals surface area contributed by atoms with E-state index in [1.807, 2.05) is 57.2 Å². The maximum atomic E-state index is 12.2. The second kappa shape index (κ2) is 7.21. The summed E-state index contributed by atoms with van der Waals surface area (Å²) in [5.41, 5.74) is 4.45. The number of hydrogen-bond acceptors (Lipinski definition) is 3. The van der Waals surface area contributed by atoms with Crippen LogP contribution in [0.5, 0.6) is 0 Å². The summed E-state index contributed by atoms with van der Waals surface area (Å²) in [6.45, 7) is 5.82. The van der Waals surface area contributed by atoms with Gasteiger partial charge in [-0.05, 0) is 39.0 Å². The Kier molecular flexibility index (Phi) is 4.83. The summed E-state index contributed by atoms with van der Waals surface area (Å²) >= 11 is 0. The van der Waals surface area contributed by atoms with Crippen LogP contribution in [0.25, 0.3) is 5.69 Å². The lowest BCUT2D eigenvalue weighted by Gasteiger charge is -2.13. The molecule has 0 saturated carbocycles. The zero-order chi connectivity index (χ0) is 17.8. The number of para-hydroxylation sites is 1. The lowest BCUT2D eigenvalue weighted by molar-refractivity contribution is 0.249. The van der Waals surface area contributed by atoms with Gasteiger partial charge in [0, 0.05) is 18.2 Å². The molecule has 1 aromatic carbocycles. The van der Waals surface area contributed by atoms with Crippen LogP contribution in [0.1, 0.15) is 24.0 Å². The number of H-pyrrole nitrogens is 1. The van der Waals surface area contributed by atoms with Crippen molar-refractivity contribution in [3.8, 4) is 5.69 Å². The van der Waals surface area contributed by atoms with Crippen molar-refractivity contribution in [2.75, 3.05) is 5.32 Å². The van der Waals surface area contributed by atoms with Gasteiger partial charge in [0.05, 0.1) is 29.0 Å². The molecule has 0 aliphatic rings. The van der Waals surface area contributed by atoms with Crippen molar-refractivity contribution in [2.45, 2.75) is 33.2 Å². The molecular formula is C18H22N6O. The lowest BCUT2D eigenvalue weighted by Crippen LogP contribution is -2.37. The van der Waals surface area contributed by atoms with Gasteiger partial charge >= 0.3 is 6.03 Å². The first-order valence-corrected chi connectivity index (χ1v) is 8.21. The van der Waals surface area contributed by atoms with E-state index in [0.29, 0.717) is 12.1 Å². The molecule has 7 heteroatoms. The number of aromatic amines is 1. The number of urea groups is 1. The number of nitrogens with zero attached hydrogens (tertiary/aromatic N) is 3. The molecule has 0 aliphatic heterocycles. The van der Waals surface area contributed by atoms with Gasteiger partial charge in [-0.1, -0.05) is 18.2 Å². The third-order valence-electron chi connectivity index (χ3n) is 3.91. The normalized spacial score (nSPS) is 12.0. The monoisotopic (exact) mass is 338 g/mol. The van der Waals surface area contributed by atoms with E-state index in [0.717, 1.165) is 22.8 Å². The fourth-order valence-corrected chi connectivity index (χ4v) is 2.69. The molecule has 0 spiro atoms. The largest absolute Gasteiger partial charge is 0.335 e. The molecule has 2 aromatic heterocycles. The van der Waals surface area contributed by atoms with Crippen LogP contribution in [0.15, 0.2) is 42.6 Å². The molecule has 3 rings (SSSR count). The summed E-state index contributed by atoms with van der Waals surface area (Å²) in [5, 5.41) is 17.2. The Morgan fingerprint density at radius 3 is 2.72 bits per heavy atom. The Bertz CT molecular complexity index is 852. The number of benzene rings is 1. The van der Waals surface area contributed by atoms with E-state index in [9.17, 15) is 4.79 Å². The van der Waals surface area contributed by atoms with E-state index in [-0.39, 0.29) is 12.1 Å². The molecular weight excluding hydrogens is 316 g/mol. The van der Waals surface area contributed by atoms with E-state index < -0.39 is 0 Å². The molecule has 130 valence electrons. The van der Waals surface area contributed by atoms with Crippen LogP contribution in [-0.2, 0) is 6.42 Å². The smallest absolute Gasteiger partial charge is 0.319 e. The van der Waals surface area contributed by atoms with Crippen LogP contribution in [0.3, 0.4) is 0 Å². The molecule has 0 fully saturated rings. The molecule has 0 aliphatic carbocycles. The van der Waals surface area contributed by atoms with Gasteiger partial charge in [-0.25, -0.2) is 9.48 Å². The SMILES string of the molecule is Cc1cc(C[C@@H](C)NC(=O)Nc2cnn(-c3ccccc3)c2C)n[nH]1. The number of aryl methyl sites for hydroxylation is 1. The van der Waals surface area contributed by atoms with Gasteiger partial charge in [0.25, 0.3) is 0 Å². The molecule has 0 bridgehead atoms. The standard InChI is InChI=1S/C18H22N6O/c1-12(9-15-10-13(2)22-23-15)20-18(25)21-17-11-19-24(14(17)3)16-7-5-4-6-8-16/h4-8,10-12H,9H2,1-3H3,(H,22,23)(H2,20,21,25)/t12-/m1/s1. The topological polar surface area (TPSA) is 87.6 Å². The highest BCUT2D eigenvalue weighted by molar-refractivity contribution is 5.89. The number of aromatic nitrogens is 4. The number of hydrogen-bond donors (Lipinski definition) is 3. The summed E-state index contributed by atoms with van der Waals surface area (Å²) in [7, 11) is 0. The molecule has 1 atom stereocenters. The Balaban J connectivity index is 1.60. The first-order valence-electron chi connectivity index (χ1n) is 8.21. The summed E-state index contributed by atoms with van der Waals surface area (Å²) in [5.74, 6) is 0.